The van der Waals surface area contributed by atoms with Crippen molar-refractivity contribution in [3.05, 3.63) is 34.3 Å². The number of halogens is 1. The van der Waals surface area contributed by atoms with Crippen LogP contribution in [-0.4, -0.2) is 24.5 Å². The molecule has 0 aromatic heterocycles. The van der Waals surface area contributed by atoms with E-state index in [2.05, 4.69) is 18.5 Å². The van der Waals surface area contributed by atoms with Crippen molar-refractivity contribution in [2.75, 3.05) is 18.6 Å². The third kappa shape index (κ3) is 4.88. The summed E-state index contributed by atoms with van der Waals surface area (Å²) in [5, 5.41) is 3.94. The number of amides is 1. The molecule has 0 spiro atoms. The predicted molar refractivity (Wildman–Crippen MR) is 79.2 cm³/mol. The van der Waals surface area contributed by atoms with Crippen LogP contribution in [0.1, 0.15) is 22.8 Å². The molecule has 3 nitrogen and oxygen atoms in total. The molecule has 18 heavy (non-hydrogen) atoms. The van der Waals surface area contributed by atoms with E-state index in [0.717, 1.165) is 17.9 Å². The number of primary amides is 1. The number of thioether (sulfide) groups is 1. The minimum Gasteiger partial charge on any atom is -0.366 e. The van der Waals surface area contributed by atoms with Crippen molar-refractivity contribution in [1.82, 2.24) is 5.32 Å². The SMILES string of the molecule is CSCC(C)CNCc1ccc(C(N)=O)cc1Cl. The zero-order valence-corrected chi connectivity index (χ0v) is 12.3. The van der Waals surface area contributed by atoms with E-state index < -0.39 is 5.91 Å². The van der Waals surface area contributed by atoms with E-state index in [4.69, 9.17) is 17.3 Å². The second-order valence-corrected chi connectivity index (χ2v) is 5.68. The maximum atomic E-state index is 11.0. The molecule has 100 valence electrons. The molecule has 0 fully saturated rings. The Bertz CT molecular complexity index is 412. The highest BCUT2D eigenvalue weighted by molar-refractivity contribution is 7.98. The van der Waals surface area contributed by atoms with Gasteiger partial charge in [0.05, 0.1) is 0 Å². The zero-order chi connectivity index (χ0) is 13.5. The fraction of sp³-hybridized carbons (Fsp3) is 0.462. The quantitative estimate of drug-likeness (QED) is 0.810. The van der Waals surface area contributed by atoms with Crippen LogP contribution in [0.2, 0.25) is 5.02 Å². The van der Waals surface area contributed by atoms with Crippen LogP contribution in [0, 0.1) is 5.92 Å². The highest BCUT2D eigenvalue weighted by atomic mass is 35.5. The number of carbonyl (C=O) groups is 1. The summed E-state index contributed by atoms with van der Waals surface area (Å²) in [5.41, 5.74) is 6.62. The second kappa shape index (κ2) is 7.67. The lowest BCUT2D eigenvalue weighted by Crippen LogP contribution is -2.22. The lowest BCUT2D eigenvalue weighted by Gasteiger charge is -2.12. The standard InChI is InChI=1S/C13H19ClN2OS/c1-9(8-18-2)6-16-7-11-4-3-10(13(15)17)5-12(11)14/h3-5,9,16H,6-8H2,1-2H3,(H2,15,17). The number of hydrogen-bond donors (Lipinski definition) is 2. The molecular weight excluding hydrogens is 268 g/mol. The lowest BCUT2D eigenvalue weighted by atomic mass is 10.1. The Balaban J connectivity index is 2.50. The van der Waals surface area contributed by atoms with Gasteiger partial charge in [0.2, 0.25) is 5.91 Å². The van der Waals surface area contributed by atoms with Gasteiger partial charge in [-0.2, -0.15) is 11.8 Å². The Labute approximate surface area is 117 Å². The summed E-state index contributed by atoms with van der Waals surface area (Å²) in [4.78, 5) is 11.0. The first-order valence-electron chi connectivity index (χ1n) is 5.82. The van der Waals surface area contributed by atoms with E-state index in [0.29, 0.717) is 23.0 Å². The summed E-state index contributed by atoms with van der Waals surface area (Å²) in [5.74, 6) is 1.31. The van der Waals surface area contributed by atoms with Gasteiger partial charge < -0.3 is 11.1 Å². The van der Waals surface area contributed by atoms with Crippen LogP contribution >= 0.6 is 23.4 Å². The van der Waals surface area contributed by atoms with Gasteiger partial charge in [0.15, 0.2) is 0 Å². The van der Waals surface area contributed by atoms with Crippen molar-refractivity contribution < 1.29 is 4.79 Å². The molecule has 0 aliphatic carbocycles. The molecule has 1 atom stereocenters. The number of benzene rings is 1. The predicted octanol–water partition coefficient (Wildman–Crippen LogP) is 2.53. The second-order valence-electron chi connectivity index (χ2n) is 4.36. The molecule has 5 heteroatoms. The van der Waals surface area contributed by atoms with Gasteiger partial charge in [0.25, 0.3) is 0 Å². The summed E-state index contributed by atoms with van der Waals surface area (Å²) < 4.78 is 0. The Kier molecular flexibility index (Phi) is 6.54. The van der Waals surface area contributed by atoms with Crippen molar-refractivity contribution in [3.8, 4) is 0 Å². The largest absolute Gasteiger partial charge is 0.366 e. The van der Waals surface area contributed by atoms with Crippen LogP contribution in [0.15, 0.2) is 18.2 Å². The van der Waals surface area contributed by atoms with Gasteiger partial charge in [-0.05, 0) is 42.2 Å². The molecule has 1 unspecified atom stereocenters. The van der Waals surface area contributed by atoms with Gasteiger partial charge in [-0.1, -0.05) is 24.6 Å². The number of hydrogen-bond acceptors (Lipinski definition) is 3. The summed E-state index contributed by atoms with van der Waals surface area (Å²) in [7, 11) is 0. The number of nitrogens with one attached hydrogen (secondary N) is 1. The average Bonchev–Trinajstić information content (AvgIpc) is 2.31. The molecular formula is C13H19ClN2OS. The molecule has 1 aromatic rings. The zero-order valence-electron chi connectivity index (χ0n) is 10.7. The van der Waals surface area contributed by atoms with Gasteiger partial charge >= 0.3 is 0 Å². The molecule has 0 aliphatic rings. The van der Waals surface area contributed by atoms with Crippen LogP contribution in [0.3, 0.4) is 0 Å². The highest BCUT2D eigenvalue weighted by Gasteiger charge is 2.06. The van der Waals surface area contributed by atoms with E-state index in [1.54, 1.807) is 12.1 Å². The highest BCUT2D eigenvalue weighted by Crippen LogP contribution is 2.17. The Morgan fingerprint density at radius 3 is 2.83 bits per heavy atom. The number of rotatable bonds is 7. The van der Waals surface area contributed by atoms with E-state index in [1.165, 1.54) is 0 Å². The number of carbonyl (C=O) groups excluding carboxylic acids is 1. The van der Waals surface area contributed by atoms with Crippen molar-refractivity contribution in [1.29, 1.82) is 0 Å². The summed E-state index contributed by atoms with van der Waals surface area (Å²) in [6, 6.07) is 5.16. The molecule has 1 aromatic carbocycles. The Hall–Kier alpha value is -0.710. The summed E-state index contributed by atoms with van der Waals surface area (Å²) in [6.07, 6.45) is 2.11. The minimum atomic E-state index is -0.454. The first kappa shape index (κ1) is 15.3. The molecule has 1 amide bonds. The van der Waals surface area contributed by atoms with E-state index in [-0.39, 0.29) is 0 Å². The van der Waals surface area contributed by atoms with Crippen molar-refractivity contribution in [2.24, 2.45) is 11.7 Å². The summed E-state index contributed by atoms with van der Waals surface area (Å²) in [6.45, 7) is 3.87. The third-order valence-corrected chi connectivity index (χ3v) is 3.85. The third-order valence-electron chi connectivity index (χ3n) is 2.60. The summed E-state index contributed by atoms with van der Waals surface area (Å²) >= 11 is 7.94. The molecule has 0 heterocycles. The fourth-order valence-corrected chi connectivity index (χ4v) is 2.57. The van der Waals surface area contributed by atoms with Crippen LogP contribution in [0.25, 0.3) is 0 Å². The molecule has 1 rings (SSSR count). The Morgan fingerprint density at radius 2 is 2.28 bits per heavy atom. The van der Waals surface area contributed by atoms with Crippen molar-refractivity contribution in [3.63, 3.8) is 0 Å². The minimum absolute atomic E-state index is 0.444. The topological polar surface area (TPSA) is 55.1 Å². The maximum absolute atomic E-state index is 11.0. The van der Waals surface area contributed by atoms with Crippen LogP contribution in [0.4, 0.5) is 0 Å². The molecule has 0 saturated heterocycles. The van der Waals surface area contributed by atoms with Crippen LogP contribution in [0.5, 0.6) is 0 Å². The molecule has 0 aliphatic heterocycles. The Morgan fingerprint density at radius 1 is 1.56 bits per heavy atom. The average molecular weight is 287 g/mol. The molecule has 3 N–H and O–H groups in total. The fourth-order valence-electron chi connectivity index (χ4n) is 1.64. The van der Waals surface area contributed by atoms with Crippen molar-refractivity contribution in [2.45, 2.75) is 13.5 Å². The molecule has 0 radical (unpaired) electrons. The van der Waals surface area contributed by atoms with E-state index in [1.807, 2.05) is 17.8 Å². The van der Waals surface area contributed by atoms with Crippen LogP contribution in [-0.2, 0) is 6.54 Å². The van der Waals surface area contributed by atoms with E-state index >= 15 is 0 Å². The van der Waals surface area contributed by atoms with Crippen LogP contribution < -0.4 is 11.1 Å². The normalized spacial score (nSPS) is 12.4. The monoisotopic (exact) mass is 286 g/mol. The smallest absolute Gasteiger partial charge is 0.248 e. The first-order valence-corrected chi connectivity index (χ1v) is 7.59. The van der Waals surface area contributed by atoms with Crippen molar-refractivity contribution >= 4 is 29.3 Å². The lowest BCUT2D eigenvalue weighted by molar-refractivity contribution is 0.100. The maximum Gasteiger partial charge on any atom is 0.248 e. The van der Waals surface area contributed by atoms with Gasteiger partial charge in [-0.3, -0.25) is 4.79 Å². The van der Waals surface area contributed by atoms with Gasteiger partial charge in [-0.15, -0.1) is 0 Å². The van der Waals surface area contributed by atoms with Gasteiger partial charge in [-0.25, -0.2) is 0 Å². The molecule has 0 bridgehead atoms. The van der Waals surface area contributed by atoms with E-state index in [9.17, 15) is 4.79 Å². The number of nitrogens with two attached hydrogens (primary N) is 1. The first-order chi connectivity index (χ1) is 8.54. The molecule has 0 saturated carbocycles. The van der Waals surface area contributed by atoms with Gasteiger partial charge in [0.1, 0.15) is 0 Å². The van der Waals surface area contributed by atoms with Gasteiger partial charge in [0, 0.05) is 17.1 Å².